The molecule has 0 bridgehead atoms. The molecule has 0 fully saturated rings. The van der Waals surface area contributed by atoms with E-state index in [0.29, 0.717) is 23.6 Å². The zero-order valence-corrected chi connectivity index (χ0v) is 14.2. The molecule has 0 amide bonds. The van der Waals surface area contributed by atoms with Crippen molar-refractivity contribution in [1.82, 2.24) is 0 Å². The molecular formula is C12H20Cl4N2. The highest BCUT2D eigenvalue weighted by Crippen LogP contribution is 2.14. The van der Waals surface area contributed by atoms with Gasteiger partial charge >= 0.3 is 0 Å². The Morgan fingerprint density at radius 1 is 0.778 bits per heavy atom. The Labute approximate surface area is 130 Å². The third-order valence-electron chi connectivity index (χ3n) is 2.58. The number of halogens is 4. The molecule has 0 radical (unpaired) electrons. The standard InChI is InChI=1S/C12H20Cl4N2/c1-7(2)9(5-13)17-11(15)12(16)18-10(6-14)8(3)4/h7-10H,5-6H2,1-4H3/t9-,10-/m1/s1. The van der Waals surface area contributed by atoms with Crippen LogP contribution in [-0.4, -0.2) is 34.2 Å². The Balaban J connectivity index is 4.90. The fourth-order valence-electron chi connectivity index (χ4n) is 1.12. The van der Waals surface area contributed by atoms with E-state index < -0.39 is 0 Å². The van der Waals surface area contributed by atoms with Crippen LogP contribution in [0.4, 0.5) is 0 Å². The van der Waals surface area contributed by atoms with Crippen molar-refractivity contribution in [1.29, 1.82) is 0 Å². The monoisotopic (exact) mass is 332 g/mol. The normalized spacial score (nSPS) is 17.4. The number of hydrogen-bond donors (Lipinski definition) is 0. The maximum Gasteiger partial charge on any atom is 0.161 e. The molecule has 0 aromatic heterocycles. The second-order valence-electron chi connectivity index (χ2n) is 4.77. The lowest BCUT2D eigenvalue weighted by Gasteiger charge is -2.15. The average Bonchev–Trinajstić information content (AvgIpc) is 2.31. The van der Waals surface area contributed by atoms with Crippen molar-refractivity contribution >= 4 is 56.7 Å². The maximum atomic E-state index is 6.04. The molecule has 2 atom stereocenters. The number of aliphatic imine (C=N–C) groups is 2. The fraction of sp³-hybridized carbons (Fsp3) is 0.833. The fourth-order valence-corrected chi connectivity index (χ4v) is 2.32. The van der Waals surface area contributed by atoms with E-state index in [-0.39, 0.29) is 22.4 Å². The Hall–Kier alpha value is 0.500. The molecule has 0 aliphatic carbocycles. The summed E-state index contributed by atoms with van der Waals surface area (Å²) in [5, 5.41) is 0.401. The lowest BCUT2D eigenvalue weighted by atomic mass is 10.1. The molecule has 0 rings (SSSR count). The summed E-state index contributed by atoms with van der Waals surface area (Å²) in [5.74, 6) is 1.41. The van der Waals surface area contributed by atoms with Gasteiger partial charge in [0.2, 0.25) is 0 Å². The van der Waals surface area contributed by atoms with Crippen LogP contribution < -0.4 is 0 Å². The molecule has 0 N–H and O–H groups in total. The van der Waals surface area contributed by atoms with Crippen molar-refractivity contribution < 1.29 is 0 Å². The van der Waals surface area contributed by atoms with Crippen LogP contribution in [0.5, 0.6) is 0 Å². The first-order chi connectivity index (χ1) is 8.33. The van der Waals surface area contributed by atoms with Crippen molar-refractivity contribution in [3.63, 3.8) is 0 Å². The van der Waals surface area contributed by atoms with Crippen molar-refractivity contribution in [2.45, 2.75) is 39.8 Å². The quantitative estimate of drug-likeness (QED) is 0.473. The van der Waals surface area contributed by atoms with Crippen molar-refractivity contribution in [2.75, 3.05) is 11.8 Å². The SMILES string of the molecule is CC(C)[C@@H](CCl)N=C(Cl)C(Cl)=N[C@H](CCl)C(C)C. The van der Waals surface area contributed by atoms with Crippen LogP contribution in [0.15, 0.2) is 9.98 Å². The Kier molecular flexibility index (Phi) is 9.67. The van der Waals surface area contributed by atoms with Gasteiger partial charge < -0.3 is 0 Å². The second-order valence-corrected chi connectivity index (χ2v) is 6.10. The highest BCUT2D eigenvalue weighted by atomic mass is 35.5. The summed E-state index contributed by atoms with van der Waals surface area (Å²) >= 11 is 23.7. The van der Waals surface area contributed by atoms with E-state index in [4.69, 9.17) is 46.4 Å². The summed E-state index contributed by atoms with van der Waals surface area (Å²) in [6, 6.07) is -0.117. The molecule has 106 valence electrons. The van der Waals surface area contributed by atoms with Gasteiger partial charge in [-0.25, -0.2) is 0 Å². The molecule has 0 aliphatic heterocycles. The van der Waals surface area contributed by atoms with Crippen LogP contribution in [0.25, 0.3) is 0 Å². The number of alkyl halides is 2. The van der Waals surface area contributed by atoms with Crippen molar-refractivity contribution in [3.05, 3.63) is 0 Å². The van der Waals surface area contributed by atoms with Gasteiger partial charge in [-0.05, 0) is 11.8 Å². The molecular weight excluding hydrogens is 314 g/mol. The zero-order chi connectivity index (χ0) is 14.3. The summed E-state index contributed by atoms with van der Waals surface area (Å²) in [6.45, 7) is 8.12. The van der Waals surface area contributed by atoms with Gasteiger partial charge in [-0.2, -0.15) is 0 Å². The summed E-state index contributed by atoms with van der Waals surface area (Å²) in [4.78, 5) is 8.57. The largest absolute Gasteiger partial charge is 0.266 e. The van der Waals surface area contributed by atoms with Crippen LogP contribution in [0.1, 0.15) is 27.7 Å². The second kappa shape index (κ2) is 9.41. The predicted molar refractivity (Wildman–Crippen MR) is 85.3 cm³/mol. The van der Waals surface area contributed by atoms with E-state index >= 15 is 0 Å². The van der Waals surface area contributed by atoms with E-state index in [9.17, 15) is 0 Å². The highest BCUT2D eigenvalue weighted by Gasteiger charge is 2.16. The first-order valence-electron chi connectivity index (χ1n) is 5.92. The summed E-state index contributed by atoms with van der Waals surface area (Å²) in [5.41, 5.74) is 0. The minimum Gasteiger partial charge on any atom is -0.266 e. The third kappa shape index (κ3) is 6.60. The summed E-state index contributed by atoms with van der Waals surface area (Å²) < 4.78 is 0. The molecule has 0 saturated carbocycles. The molecule has 0 unspecified atom stereocenters. The number of hydrogen-bond acceptors (Lipinski definition) is 2. The minimum atomic E-state index is -0.0587. The lowest BCUT2D eigenvalue weighted by molar-refractivity contribution is 0.535. The Morgan fingerprint density at radius 3 is 1.22 bits per heavy atom. The van der Waals surface area contributed by atoms with E-state index in [2.05, 4.69) is 9.98 Å². The third-order valence-corrected chi connectivity index (χ3v) is 3.87. The molecule has 2 nitrogen and oxygen atoms in total. The molecule has 18 heavy (non-hydrogen) atoms. The minimum absolute atomic E-state index is 0.0587. The molecule has 0 spiro atoms. The van der Waals surface area contributed by atoms with Crippen LogP contribution in [0.3, 0.4) is 0 Å². The molecule has 0 aliphatic rings. The average molecular weight is 334 g/mol. The van der Waals surface area contributed by atoms with Gasteiger partial charge in [0.15, 0.2) is 10.3 Å². The number of rotatable bonds is 7. The molecule has 6 heteroatoms. The highest BCUT2D eigenvalue weighted by molar-refractivity contribution is 7.00. The van der Waals surface area contributed by atoms with Crippen LogP contribution in [-0.2, 0) is 0 Å². The van der Waals surface area contributed by atoms with Crippen LogP contribution >= 0.6 is 46.4 Å². The molecule has 0 aromatic carbocycles. The molecule has 0 aromatic rings. The number of nitrogens with zero attached hydrogens (tertiary/aromatic N) is 2. The van der Waals surface area contributed by atoms with Crippen LogP contribution in [0.2, 0.25) is 0 Å². The Morgan fingerprint density at radius 2 is 1.06 bits per heavy atom. The van der Waals surface area contributed by atoms with Gasteiger partial charge in [0.25, 0.3) is 0 Å². The summed E-state index contributed by atoms with van der Waals surface area (Å²) in [7, 11) is 0. The van der Waals surface area contributed by atoms with E-state index in [1.54, 1.807) is 0 Å². The molecule has 0 heterocycles. The van der Waals surface area contributed by atoms with Gasteiger partial charge in [0.05, 0.1) is 12.1 Å². The van der Waals surface area contributed by atoms with Gasteiger partial charge in [0.1, 0.15) is 0 Å². The van der Waals surface area contributed by atoms with E-state index in [1.165, 1.54) is 0 Å². The van der Waals surface area contributed by atoms with Crippen molar-refractivity contribution in [3.8, 4) is 0 Å². The van der Waals surface area contributed by atoms with Crippen LogP contribution in [0, 0.1) is 11.8 Å². The van der Waals surface area contributed by atoms with E-state index in [1.807, 2.05) is 27.7 Å². The van der Waals surface area contributed by atoms with Gasteiger partial charge in [0, 0.05) is 11.8 Å². The Bertz CT molecular complexity index is 270. The van der Waals surface area contributed by atoms with Gasteiger partial charge in [-0.1, -0.05) is 50.9 Å². The van der Waals surface area contributed by atoms with Crippen molar-refractivity contribution in [2.24, 2.45) is 21.8 Å². The lowest BCUT2D eigenvalue weighted by Crippen LogP contribution is -2.20. The summed E-state index contributed by atoms with van der Waals surface area (Å²) in [6.07, 6.45) is 0. The molecule has 0 saturated heterocycles. The van der Waals surface area contributed by atoms with Gasteiger partial charge in [-0.15, -0.1) is 23.2 Å². The van der Waals surface area contributed by atoms with E-state index in [0.717, 1.165) is 0 Å². The maximum absolute atomic E-state index is 6.04. The zero-order valence-electron chi connectivity index (χ0n) is 11.1. The first kappa shape index (κ1) is 18.5. The topological polar surface area (TPSA) is 24.7 Å². The predicted octanol–water partition coefficient (Wildman–Crippen LogP) is 4.79. The first-order valence-corrected chi connectivity index (χ1v) is 7.74. The smallest absolute Gasteiger partial charge is 0.161 e. The van der Waals surface area contributed by atoms with Gasteiger partial charge in [-0.3, -0.25) is 9.98 Å².